The Balaban J connectivity index is 2.35. The summed E-state index contributed by atoms with van der Waals surface area (Å²) in [6, 6.07) is 0. The first-order chi connectivity index (χ1) is 12.2. The number of ketones is 1. The summed E-state index contributed by atoms with van der Waals surface area (Å²) in [7, 11) is 0. The molecule has 1 rings (SSSR count). The Labute approximate surface area is 157 Å². The second kappa shape index (κ2) is 11.5. The number of rotatable bonds is 13. The topological polar surface area (TPSA) is 94.8 Å². The number of aliphatic hydroxyl groups excluding tert-OH is 1. The number of carboxylic acid groups (broad SMARTS) is 1. The number of aliphatic hydroxyl groups is 2. The number of aliphatic carboxylic acids is 1. The monoisotopic (exact) mass is 368 g/mol. The summed E-state index contributed by atoms with van der Waals surface area (Å²) in [6.07, 6.45) is 12.0. The number of hydrogen-bond donors (Lipinski definition) is 3. The largest absolute Gasteiger partial charge is 0.481 e. The van der Waals surface area contributed by atoms with Gasteiger partial charge in [-0.3, -0.25) is 4.79 Å². The van der Waals surface area contributed by atoms with Crippen LogP contribution in [0.2, 0.25) is 0 Å². The molecular weight excluding hydrogens is 332 g/mol. The molecule has 0 aromatic heterocycles. The SMILES string of the molecule is CC(=O)CCC(C)(O)C/C=C/[C@@H]1[C@@H](CCCCCCC(=O)O)CC[C@H]1O. The summed E-state index contributed by atoms with van der Waals surface area (Å²) < 4.78 is 0. The smallest absolute Gasteiger partial charge is 0.303 e. The molecule has 0 heterocycles. The van der Waals surface area contributed by atoms with Crippen LogP contribution in [0, 0.1) is 11.8 Å². The van der Waals surface area contributed by atoms with Crippen LogP contribution in [0.25, 0.3) is 0 Å². The molecule has 0 saturated heterocycles. The van der Waals surface area contributed by atoms with Gasteiger partial charge in [-0.1, -0.05) is 31.4 Å². The molecule has 1 saturated carbocycles. The molecule has 1 unspecified atom stereocenters. The van der Waals surface area contributed by atoms with Gasteiger partial charge < -0.3 is 20.1 Å². The van der Waals surface area contributed by atoms with Crippen molar-refractivity contribution in [1.82, 2.24) is 0 Å². The van der Waals surface area contributed by atoms with E-state index >= 15 is 0 Å². The van der Waals surface area contributed by atoms with Crippen LogP contribution in [0.1, 0.15) is 84.5 Å². The van der Waals surface area contributed by atoms with E-state index in [4.69, 9.17) is 5.11 Å². The van der Waals surface area contributed by atoms with E-state index in [2.05, 4.69) is 6.08 Å². The van der Waals surface area contributed by atoms with E-state index in [1.54, 1.807) is 6.92 Å². The summed E-state index contributed by atoms with van der Waals surface area (Å²) in [4.78, 5) is 21.6. The van der Waals surface area contributed by atoms with Crippen molar-refractivity contribution in [1.29, 1.82) is 0 Å². The van der Waals surface area contributed by atoms with Crippen molar-refractivity contribution < 1.29 is 24.9 Å². The number of carbonyl (C=O) groups is 2. The molecule has 1 aliphatic rings. The van der Waals surface area contributed by atoms with Crippen LogP contribution < -0.4 is 0 Å². The Morgan fingerprint density at radius 3 is 2.46 bits per heavy atom. The third-order valence-electron chi connectivity index (χ3n) is 5.47. The van der Waals surface area contributed by atoms with Crippen molar-refractivity contribution in [2.45, 2.75) is 96.2 Å². The molecule has 5 nitrogen and oxygen atoms in total. The molecule has 26 heavy (non-hydrogen) atoms. The van der Waals surface area contributed by atoms with Gasteiger partial charge in [0.25, 0.3) is 0 Å². The van der Waals surface area contributed by atoms with E-state index < -0.39 is 11.6 Å². The lowest BCUT2D eigenvalue weighted by molar-refractivity contribution is -0.137. The maximum absolute atomic E-state index is 11.1. The third-order valence-corrected chi connectivity index (χ3v) is 5.47. The fraction of sp³-hybridized carbons (Fsp3) is 0.810. The van der Waals surface area contributed by atoms with Gasteiger partial charge in [0.15, 0.2) is 0 Å². The molecule has 4 atom stereocenters. The average Bonchev–Trinajstić information content (AvgIpc) is 2.89. The molecule has 0 amide bonds. The lowest BCUT2D eigenvalue weighted by Gasteiger charge is -2.22. The summed E-state index contributed by atoms with van der Waals surface area (Å²) in [5.74, 6) is -0.0438. The minimum absolute atomic E-state index is 0.0869. The predicted octanol–water partition coefficient (Wildman–Crippen LogP) is 3.87. The van der Waals surface area contributed by atoms with E-state index in [1.807, 2.05) is 6.08 Å². The second-order valence-corrected chi connectivity index (χ2v) is 8.16. The first-order valence-corrected chi connectivity index (χ1v) is 9.99. The molecule has 0 aromatic carbocycles. The Kier molecular flexibility index (Phi) is 10.1. The molecule has 0 radical (unpaired) electrons. The predicted molar refractivity (Wildman–Crippen MR) is 102 cm³/mol. The minimum atomic E-state index is -0.884. The van der Waals surface area contributed by atoms with Crippen LogP contribution in [0.15, 0.2) is 12.2 Å². The fourth-order valence-electron chi connectivity index (χ4n) is 3.77. The van der Waals surface area contributed by atoms with E-state index in [1.165, 1.54) is 6.92 Å². The zero-order valence-electron chi connectivity index (χ0n) is 16.3. The highest BCUT2D eigenvalue weighted by atomic mass is 16.4. The zero-order chi connectivity index (χ0) is 19.6. The Morgan fingerprint density at radius 1 is 1.12 bits per heavy atom. The lowest BCUT2D eigenvalue weighted by Crippen LogP contribution is -2.24. The number of Topliss-reactive ketones (excluding diaryl/α,β-unsaturated/α-hetero) is 1. The van der Waals surface area contributed by atoms with Gasteiger partial charge in [-0.05, 0) is 58.3 Å². The number of carboxylic acids is 1. The maximum Gasteiger partial charge on any atom is 0.303 e. The van der Waals surface area contributed by atoms with Gasteiger partial charge in [-0.2, -0.15) is 0 Å². The molecule has 0 bridgehead atoms. The van der Waals surface area contributed by atoms with Crippen LogP contribution in [0.3, 0.4) is 0 Å². The highest BCUT2D eigenvalue weighted by Crippen LogP contribution is 2.37. The first-order valence-electron chi connectivity index (χ1n) is 9.99. The Bertz CT molecular complexity index is 469. The van der Waals surface area contributed by atoms with Gasteiger partial charge in [0.1, 0.15) is 5.78 Å². The van der Waals surface area contributed by atoms with Gasteiger partial charge in [0.2, 0.25) is 0 Å². The van der Waals surface area contributed by atoms with Crippen LogP contribution in [0.5, 0.6) is 0 Å². The van der Waals surface area contributed by atoms with Crippen molar-refractivity contribution in [3.05, 3.63) is 12.2 Å². The standard InChI is InChI=1S/C21H36O5/c1-16(22)13-15-21(2,26)14-7-9-18-17(11-12-19(18)23)8-5-3-4-6-10-20(24)25/h7,9,17-19,23,26H,3-6,8,10-15H2,1-2H3,(H,24,25)/b9-7+/t17-,18+,19+,21?/m0/s1. The highest BCUT2D eigenvalue weighted by molar-refractivity contribution is 5.75. The zero-order valence-corrected chi connectivity index (χ0v) is 16.3. The molecular formula is C21H36O5. The van der Waals surface area contributed by atoms with Crippen molar-refractivity contribution in [3.63, 3.8) is 0 Å². The van der Waals surface area contributed by atoms with E-state index in [-0.39, 0.29) is 24.2 Å². The highest BCUT2D eigenvalue weighted by Gasteiger charge is 2.32. The van der Waals surface area contributed by atoms with Gasteiger partial charge in [-0.15, -0.1) is 0 Å². The second-order valence-electron chi connectivity index (χ2n) is 8.16. The lowest BCUT2D eigenvalue weighted by atomic mass is 9.88. The molecule has 3 N–H and O–H groups in total. The average molecular weight is 369 g/mol. The third kappa shape index (κ3) is 9.48. The minimum Gasteiger partial charge on any atom is -0.481 e. The van der Waals surface area contributed by atoms with Gasteiger partial charge in [0, 0.05) is 18.8 Å². The number of carbonyl (C=O) groups excluding carboxylic acids is 1. The molecule has 1 fully saturated rings. The molecule has 5 heteroatoms. The van der Waals surface area contributed by atoms with Gasteiger partial charge in [0.05, 0.1) is 11.7 Å². The fourth-order valence-corrected chi connectivity index (χ4v) is 3.77. The normalized spacial score (nSPS) is 25.5. The van der Waals surface area contributed by atoms with Crippen LogP contribution in [-0.2, 0) is 9.59 Å². The van der Waals surface area contributed by atoms with Crippen molar-refractivity contribution in [2.75, 3.05) is 0 Å². The van der Waals surface area contributed by atoms with Crippen molar-refractivity contribution in [2.24, 2.45) is 11.8 Å². The van der Waals surface area contributed by atoms with Crippen LogP contribution >= 0.6 is 0 Å². The Morgan fingerprint density at radius 2 is 1.81 bits per heavy atom. The molecule has 0 aromatic rings. The van der Waals surface area contributed by atoms with Crippen molar-refractivity contribution in [3.8, 4) is 0 Å². The molecule has 1 aliphatic carbocycles. The number of hydrogen-bond acceptors (Lipinski definition) is 4. The summed E-state index contributed by atoms with van der Waals surface area (Å²) in [5, 5.41) is 29.2. The van der Waals surface area contributed by atoms with Gasteiger partial charge >= 0.3 is 5.97 Å². The van der Waals surface area contributed by atoms with Crippen LogP contribution in [-0.4, -0.2) is 38.8 Å². The Hall–Kier alpha value is -1.20. The summed E-state index contributed by atoms with van der Waals surface area (Å²) in [5.41, 5.74) is -0.884. The maximum atomic E-state index is 11.1. The first kappa shape index (κ1) is 22.8. The van der Waals surface area contributed by atoms with Gasteiger partial charge in [-0.25, -0.2) is 0 Å². The molecule has 0 aliphatic heterocycles. The quantitative estimate of drug-likeness (QED) is 0.339. The number of unbranched alkanes of at least 4 members (excludes halogenated alkanes) is 3. The van der Waals surface area contributed by atoms with E-state index in [0.29, 0.717) is 25.2 Å². The summed E-state index contributed by atoms with van der Waals surface area (Å²) >= 11 is 0. The van der Waals surface area contributed by atoms with E-state index in [9.17, 15) is 19.8 Å². The van der Waals surface area contributed by atoms with Crippen LogP contribution in [0.4, 0.5) is 0 Å². The molecule has 0 spiro atoms. The summed E-state index contributed by atoms with van der Waals surface area (Å²) in [6.45, 7) is 3.28. The molecule has 150 valence electrons. The van der Waals surface area contributed by atoms with Crippen molar-refractivity contribution >= 4 is 11.8 Å². The van der Waals surface area contributed by atoms with E-state index in [0.717, 1.165) is 44.9 Å².